The largest absolute Gasteiger partial charge is 0.505 e. The molecule has 0 saturated heterocycles. The summed E-state index contributed by atoms with van der Waals surface area (Å²) in [4.78, 5) is 0. The number of benzene rings is 1. The quantitative estimate of drug-likeness (QED) is 0.695. The van der Waals surface area contributed by atoms with Crippen molar-refractivity contribution in [1.29, 1.82) is 0 Å². The average Bonchev–Trinajstić information content (AvgIpc) is 2.24. The second kappa shape index (κ2) is 5.68. The van der Waals surface area contributed by atoms with Gasteiger partial charge in [-0.25, -0.2) is 4.39 Å². The van der Waals surface area contributed by atoms with Crippen molar-refractivity contribution in [1.82, 2.24) is 5.32 Å². The number of aromatic hydroxyl groups is 1. The lowest BCUT2D eigenvalue weighted by atomic mass is 10.1. The van der Waals surface area contributed by atoms with Gasteiger partial charge in [-0.05, 0) is 30.7 Å². The number of phenolic OH excluding ortho intramolecular Hbond substituents is 1. The van der Waals surface area contributed by atoms with Gasteiger partial charge in [0, 0.05) is 0 Å². The Morgan fingerprint density at radius 1 is 1.47 bits per heavy atom. The molecule has 1 aromatic carbocycles. The van der Waals surface area contributed by atoms with Crippen LogP contribution >= 0.6 is 0 Å². The molecule has 1 aromatic rings. The number of halogens is 1. The molecule has 0 heterocycles. The van der Waals surface area contributed by atoms with E-state index in [4.69, 9.17) is 10.2 Å². The van der Waals surface area contributed by atoms with Gasteiger partial charge in [0.15, 0.2) is 11.6 Å². The third kappa shape index (κ3) is 3.18. The summed E-state index contributed by atoms with van der Waals surface area (Å²) in [6.45, 7) is 2.68. The van der Waals surface area contributed by atoms with Gasteiger partial charge < -0.3 is 15.5 Å². The molecule has 1 atom stereocenters. The lowest BCUT2D eigenvalue weighted by Gasteiger charge is -2.16. The van der Waals surface area contributed by atoms with Gasteiger partial charge in [-0.15, -0.1) is 0 Å². The molecular weight excluding hydrogens is 197 g/mol. The van der Waals surface area contributed by atoms with Crippen molar-refractivity contribution < 1.29 is 14.6 Å². The molecule has 3 nitrogen and oxygen atoms in total. The maximum absolute atomic E-state index is 13.0. The zero-order chi connectivity index (χ0) is 11.3. The van der Waals surface area contributed by atoms with Crippen molar-refractivity contribution in [2.45, 2.75) is 19.4 Å². The highest BCUT2D eigenvalue weighted by Crippen LogP contribution is 2.20. The number of hydrogen-bond donors (Lipinski definition) is 3. The summed E-state index contributed by atoms with van der Waals surface area (Å²) < 4.78 is 13.0. The van der Waals surface area contributed by atoms with Crippen molar-refractivity contribution in [2.75, 3.05) is 13.2 Å². The number of aliphatic hydroxyl groups is 1. The normalized spacial score (nSPS) is 12.7. The molecule has 1 rings (SSSR count). The van der Waals surface area contributed by atoms with Crippen LogP contribution in [0.25, 0.3) is 0 Å². The van der Waals surface area contributed by atoms with E-state index in [0.29, 0.717) is 5.56 Å². The number of phenols is 1. The Balaban J connectivity index is 2.78. The van der Waals surface area contributed by atoms with Crippen LogP contribution in [-0.4, -0.2) is 23.4 Å². The Morgan fingerprint density at radius 2 is 2.20 bits per heavy atom. The van der Waals surface area contributed by atoms with Gasteiger partial charge in [0.1, 0.15) is 0 Å². The molecule has 1 unspecified atom stereocenters. The minimum Gasteiger partial charge on any atom is -0.505 e. The van der Waals surface area contributed by atoms with Gasteiger partial charge in [0.05, 0.1) is 12.6 Å². The third-order valence-corrected chi connectivity index (χ3v) is 2.20. The smallest absolute Gasteiger partial charge is 0.165 e. The van der Waals surface area contributed by atoms with Crippen LogP contribution in [-0.2, 0) is 0 Å². The first kappa shape index (κ1) is 11.9. The first-order chi connectivity index (χ1) is 7.19. The van der Waals surface area contributed by atoms with E-state index in [0.717, 1.165) is 13.0 Å². The Kier molecular flexibility index (Phi) is 4.52. The van der Waals surface area contributed by atoms with Crippen LogP contribution in [0.2, 0.25) is 0 Å². The molecule has 15 heavy (non-hydrogen) atoms. The number of hydrogen-bond acceptors (Lipinski definition) is 3. The number of aliphatic hydroxyl groups excluding tert-OH is 1. The van der Waals surface area contributed by atoms with Crippen molar-refractivity contribution in [3.05, 3.63) is 29.6 Å². The number of nitrogens with one attached hydrogen (secondary N) is 1. The van der Waals surface area contributed by atoms with E-state index in [-0.39, 0.29) is 18.4 Å². The standard InChI is InChI=1S/C11H16FNO2/c1-2-5-13-10(7-14)8-3-4-11(15)9(12)6-8/h3-4,6,10,13-15H,2,5,7H2,1H3. The molecule has 0 amide bonds. The highest BCUT2D eigenvalue weighted by atomic mass is 19.1. The SMILES string of the molecule is CCCNC(CO)c1ccc(O)c(F)c1. The molecule has 0 aliphatic carbocycles. The predicted molar refractivity (Wildman–Crippen MR) is 56.2 cm³/mol. The highest BCUT2D eigenvalue weighted by Gasteiger charge is 2.11. The van der Waals surface area contributed by atoms with Crippen LogP contribution in [0.4, 0.5) is 4.39 Å². The van der Waals surface area contributed by atoms with Gasteiger partial charge in [-0.3, -0.25) is 0 Å². The van der Waals surface area contributed by atoms with Crippen LogP contribution in [0.15, 0.2) is 18.2 Å². The molecule has 0 aliphatic rings. The molecule has 0 saturated carbocycles. The van der Waals surface area contributed by atoms with Crippen molar-refractivity contribution >= 4 is 0 Å². The fourth-order valence-corrected chi connectivity index (χ4v) is 1.35. The highest BCUT2D eigenvalue weighted by molar-refractivity contribution is 5.29. The minimum atomic E-state index is -0.663. The lowest BCUT2D eigenvalue weighted by molar-refractivity contribution is 0.244. The Hall–Kier alpha value is -1.13. The van der Waals surface area contributed by atoms with E-state index in [9.17, 15) is 4.39 Å². The van der Waals surface area contributed by atoms with E-state index in [1.165, 1.54) is 12.1 Å². The van der Waals surface area contributed by atoms with E-state index in [1.54, 1.807) is 6.07 Å². The summed E-state index contributed by atoms with van der Waals surface area (Å²) in [5.41, 5.74) is 0.640. The second-order valence-corrected chi connectivity index (χ2v) is 3.40. The molecule has 84 valence electrons. The number of rotatable bonds is 5. The maximum atomic E-state index is 13.0. The van der Waals surface area contributed by atoms with E-state index in [2.05, 4.69) is 5.32 Å². The lowest BCUT2D eigenvalue weighted by Crippen LogP contribution is -2.25. The monoisotopic (exact) mass is 213 g/mol. The average molecular weight is 213 g/mol. The molecule has 0 fully saturated rings. The van der Waals surface area contributed by atoms with Crippen LogP contribution < -0.4 is 5.32 Å². The van der Waals surface area contributed by atoms with Crippen LogP contribution in [0, 0.1) is 5.82 Å². The first-order valence-corrected chi connectivity index (χ1v) is 5.01. The topological polar surface area (TPSA) is 52.5 Å². The zero-order valence-corrected chi connectivity index (χ0v) is 8.70. The summed E-state index contributed by atoms with van der Waals surface area (Å²) in [5.74, 6) is -1.03. The summed E-state index contributed by atoms with van der Waals surface area (Å²) >= 11 is 0. The summed E-state index contributed by atoms with van der Waals surface area (Å²) in [5, 5.41) is 21.2. The van der Waals surface area contributed by atoms with E-state index < -0.39 is 5.82 Å². The van der Waals surface area contributed by atoms with Crippen LogP contribution in [0.5, 0.6) is 5.75 Å². The summed E-state index contributed by atoms with van der Waals surface area (Å²) in [6, 6.07) is 3.85. The molecule has 0 spiro atoms. The molecule has 0 bridgehead atoms. The van der Waals surface area contributed by atoms with Gasteiger partial charge in [-0.2, -0.15) is 0 Å². The van der Waals surface area contributed by atoms with Crippen LogP contribution in [0.3, 0.4) is 0 Å². The van der Waals surface area contributed by atoms with Gasteiger partial charge in [0.2, 0.25) is 0 Å². The fraction of sp³-hybridized carbons (Fsp3) is 0.455. The molecular formula is C11H16FNO2. The second-order valence-electron chi connectivity index (χ2n) is 3.40. The van der Waals surface area contributed by atoms with Crippen molar-refractivity contribution in [2.24, 2.45) is 0 Å². The third-order valence-electron chi connectivity index (χ3n) is 2.20. The fourth-order valence-electron chi connectivity index (χ4n) is 1.35. The molecule has 3 N–H and O–H groups in total. The van der Waals surface area contributed by atoms with E-state index >= 15 is 0 Å². The minimum absolute atomic E-state index is 0.0930. The van der Waals surface area contributed by atoms with Gasteiger partial charge in [0.25, 0.3) is 0 Å². The van der Waals surface area contributed by atoms with Gasteiger partial charge in [-0.1, -0.05) is 13.0 Å². The Bertz CT molecular complexity index is 317. The first-order valence-electron chi connectivity index (χ1n) is 5.01. The van der Waals surface area contributed by atoms with Crippen molar-refractivity contribution in [3.63, 3.8) is 0 Å². The molecule has 0 aliphatic heterocycles. The van der Waals surface area contributed by atoms with Crippen molar-refractivity contribution in [3.8, 4) is 5.75 Å². The summed E-state index contributed by atoms with van der Waals surface area (Å²) in [7, 11) is 0. The van der Waals surface area contributed by atoms with Crippen LogP contribution in [0.1, 0.15) is 24.9 Å². The predicted octanol–water partition coefficient (Wildman–Crippen LogP) is 1.56. The Labute approximate surface area is 88.6 Å². The molecule has 0 radical (unpaired) electrons. The van der Waals surface area contributed by atoms with E-state index in [1.807, 2.05) is 6.92 Å². The molecule has 4 heteroatoms. The Morgan fingerprint density at radius 3 is 2.73 bits per heavy atom. The maximum Gasteiger partial charge on any atom is 0.165 e. The zero-order valence-electron chi connectivity index (χ0n) is 8.70. The van der Waals surface area contributed by atoms with Gasteiger partial charge >= 0.3 is 0 Å². The molecule has 0 aromatic heterocycles. The summed E-state index contributed by atoms with van der Waals surface area (Å²) in [6.07, 6.45) is 0.942.